The first kappa shape index (κ1) is 19.4. The Labute approximate surface area is 179 Å². The lowest BCUT2D eigenvalue weighted by Crippen LogP contribution is -2.56. The molecule has 7 nitrogen and oxygen atoms in total. The van der Waals surface area contributed by atoms with Crippen molar-refractivity contribution in [2.45, 2.75) is 6.04 Å². The Morgan fingerprint density at radius 3 is 2.57 bits per heavy atom. The number of aromatic nitrogens is 2. The van der Waals surface area contributed by atoms with Crippen LogP contribution in [0.3, 0.4) is 0 Å². The number of hydrogen-bond donors (Lipinski definition) is 1. The smallest absolute Gasteiger partial charge is 0.274 e. The second kappa shape index (κ2) is 7.91. The van der Waals surface area contributed by atoms with Gasteiger partial charge in [-0.2, -0.15) is 0 Å². The Bertz CT molecular complexity index is 1120. The second-order valence-electron chi connectivity index (χ2n) is 7.87. The molecule has 2 aliphatic rings. The molecule has 2 aliphatic heterocycles. The molecule has 4 heterocycles. The number of aryl methyl sites for hydroxylation is 1. The van der Waals surface area contributed by atoms with Gasteiger partial charge in [-0.25, -0.2) is 4.98 Å². The van der Waals surface area contributed by atoms with Crippen LogP contribution in [0.2, 0.25) is 5.02 Å². The molecule has 0 aliphatic carbocycles. The van der Waals surface area contributed by atoms with Gasteiger partial charge >= 0.3 is 0 Å². The number of halogens is 1. The normalized spacial score (nSPS) is 17.9. The Kier molecular flexibility index (Phi) is 5.10. The lowest BCUT2D eigenvalue weighted by Gasteiger charge is -2.43. The summed E-state index contributed by atoms with van der Waals surface area (Å²) < 4.78 is 6.92. The van der Waals surface area contributed by atoms with Gasteiger partial charge in [0.25, 0.3) is 5.56 Å². The number of nitrogens with zero attached hydrogens (tertiary/aromatic N) is 4. The van der Waals surface area contributed by atoms with Gasteiger partial charge in [-0.05, 0) is 36.4 Å². The number of piperazine rings is 1. The van der Waals surface area contributed by atoms with Crippen LogP contribution >= 0.6 is 11.6 Å². The molecule has 8 heteroatoms. The Morgan fingerprint density at radius 2 is 1.90 bits per heavy atom. The quantitative estimate of drug-likeness (QED) is 0.693. The van der Waals surface area contributed by atoms with Crippen LogP contribution in [0.5, 0.6) is 0 Å². The van der Waals surface area contributed by atoms with Crippen LogP contribution in [0.25, 0.3) is 10.9 Å². The average molecular weight is 426 g/mol. The predicted octanol–water partition coefficient (Wildman–Crippen LogP) is 2.85. The van der Waals surface area contributed by atoms with Crippen molar-refractivity contribution in [3.63, 3.8) is 0 Å². The van der Waals surface area contributed by atoms with Gasteiger partial charge in [-0.3, -0.25) is 9.69 Å². The predicted molar refractivity (Wildman–Crippen MR) is 120 cm³/mol. The van der Waals surface area contributed by atoms with Gasteiger partial charge in [-0.1, -0.05) is 11.6 Å². The topological polar surface area (TPSA) is 62.6 Å². The van der Waals surface area contributed by atoms with E-state index in [0.717, 1.165) is 56.0 Å². The maximum absolute atomic E-state index is 12.7. The lowest BCUT2D eigenvalue weighted by atomic mass is 10.1. The standard InChI is InChI=1S/C22H24ClN5O2/c1-26-20-4-2-16(23)10-15(20)11-19(22(26)29)25-21-5-3-17(12-24-21)27-6-8-28(9-7-27)18-13-30-14-18/h2-5,10-12,18H,6-9,13-14H2,1H3,(H,24,25). The Balaban J connectivity index is 1.30. The summed E-state index contributed by atoms with van der Waals surface area (Å²) in [6.07, 6.45) is 1.87. The van der Waals surface area contributed by atoms with E-state index in [1.54, 1.807) is 17.7 Å². The van der Waals surface area contributed by atoms with E-state index in [-0.39, 0.29) is 5.56 Å². The zero-order chi connectivity index (χ0) is 20.7. The molecule has 0 spiro atoms. The molecule has 2 saturated heterocycles. The largest absolute Gasteiger partial charge is 0.378 e. The van der Waals surface area contributed by atoms with Gasteiger partial charge in [-0.15, -0.1) is 0 Å². The number of pyridine rings is 2. The molecule has 1 aromatic carbocycles. The first-order valence-corrected chi connectivity index (χ1v) is 10.6. The first-order chi connectivity index (χ1) is 14.6. The van der Waals surface area contributed by atoms with E-state index in [9.17, 15) is 4.79 Å². The first-order valence-electron chi connectivity index (χ1n) is 10.2. The van der Waals surface area contributed by atoms with Gasteiger partial charge in [0.1, 0.15) is 11.5 Å². The molecule has 0 unspecified atom stereocenters. The number of ether oxygens (including phenoxy) is 1. The van der Waals surface area contributed by atoms with Crippen LogP contribution < -0.4 is 15.8 Å². The fourth-order valence-electron chi connectivity index (χ4n) is 4.11. The van der Waals surface area contributed by atoms with E-state index >= 15 is 0 Å². The number of benzene rings is 1. The van der Waals surface area contributed by atoms with Crippen molar-refractivity contribution >= 4 is 39.7 Å². The van der Waals surface area contributed by atoms with Crippen molar-refractivity contribution in [1.29, 1.82) is 0 Å². The molecule has 5 rings (SSSR count). The van der Waals surface area contributed by atoms with E-state index in [2.05, 4.69) is 26.2 Å². The average Bonchev–Trinajstić information content (AvgIpc) is 2.72. The minimum atomic E-state index is -0.105. The summed E-state index contributed by atoms with van der Waals surface area (Å²) in [5, 5.41) is 4.70. The molecule has 0 atom stereocenters. The molecule has 0 radical (unpaired) electrons. The zero-order valence-electron chi connectivity index (χ0n) is 16.8. The third kappa shape index (κ3) is 3.64. The van der Waals surface area contributed by atoms with Crippen molar-refractivity contribution in [3.8, 4) is 0 Å². The third-order valence-corrected chi connectivity index (χ3v) is 6.25. The van der Waals surface area contributed by atoms with E-state index in [4.69, 9.17) is 16.3 Å². The molecular formula is C22H24ClN5O2. The molecule has 156 valence electrons. The molecule has 0 amide bonds. The van der Waals surface area contributed by atoms with Crippen molar-refractivity contribution < 1.29 is 4.74 Å². The summed E-state index contributed by atoms with van der Waals surface area (Å²) in [6.45, 7) is 5.78. The van der Waals surface area contributed by atoms with Gasteiger partial charge in [0.2, 0.25) is 0 Å². The number of rotatable bonds is 4. The number of fused-ring (bicyclic) bond motifs is 1. The molecule has 0 bridgehead atoms. The van der Waals surface area contributed by atoms with Crippen molar-refractivity contribution in [1.82, 2.24) is 14.5 Å². The molecule has 0 saturated carbocycles. The number of anilines is 3. The van der Waals surface area contributed by atoms with E-state index < -0.39 is 0 Å². The third-order valence-electron chi connectivity index (χ3n) is 6.01. The zero-order valence-corrected chi connectivity index (χ0v) is 17.6. The van der Waals surface area contributed by atoms with Crippen LogP contribution in [-0.4, -0.2) is 59.9 Å². The molecule has 30 heavy (non-hydrogen) atoms. The maximum atomic E-state index is 12.7. The van der Waals surface area contributed by atoms with Crippen LogP contribution in [0.1, 0.15) is 0 Å². The monoisotopic (exact) mass is 425 g/mol. The highest BCUT2D eigenvalue weighted by Crippen LogP contribution is 2.23. The Morgan fingerprint density at radius 1 is 1.10 bits per heavy atom. The highest BCUT2D eigenvalue weighted by molar-refractivity contribution is 6.31. The minimum absolute atomic E-state index is 0.105. The van der Waals surface area contributed by atoms with Crippen molar-refractivity contribution in [2.75, 3.05) is 49.6 Å². The van der Waals surface area contributed by atoms with Crippen LogP contribution in [0.4, 0.5) is 17.2 Å². The summed E-state index contributed by atoms with van der Waals surface area (Å²) in [5.74, 6) is 0.641. The minimum Gasteiger partial charge on any atom is -0.378 e. The Hall–Kier alpha value is -2.61. The molecular weight excluding hydrogens is 402 g/mol. The van der Waals surface area contributed by atoms with E-state index in [0.29, 0.717) is 22.6 Å². The molecule has 2 fully saturated rings. The second-order valence-corrected chi connectivity index (χ2v) is 8.30. The maximum Gasteiger partial charge on any atom is 0.274 e. The fraction of sp³-hybridized carbons (Fsp3) is 0.364. The summed E-state index contributed by atoms with van der Waals surface area (Å²) in [4.78, 5) is 22.1. The summed E-state index contributed by atoms with van der Waals surface area (Å²) in [5.41, 5.74) is 2.31. The lowest BCUT2D eigenvalue weighted by molar-refractivity contribution is -0.0660. The summed E-state index contributed by atoms with van der Waals surface area (Å²) >= 11 is 6.12. The number of hydrogen-bond acceptors (Lipinski definition) is 6. The summed E-state index contributed by atoms with van der Waals surface area (Å²) in [6, 6.07) is 11.9. The van der Waals surface area contributed by atoms with Crippen molar-refractivity contribution in [3.05, 3.63) is 58.0 Å². The van der Waals surface area contributed by atoms with Gasteiger partial charge < -0.3 is 19.5 Å². The van der Waals surface area contributed by atoms with Crippen molar-refractivity contribution in [2.24, 2.45) is 7.05 Å². The summed E-state index contributed by atoms with van der Waals surface area (Å²) in [7, 11) is 1.76. The molecule has 1 N–H and O–H groups in total. The van der Waals surface area contributed by atoms with Gasteiger partial charge in [0.05, 0.1) is 36.7 Å². The van der Waals surface area contributed by atoms with Crippen LogP contribution in [-0.2, 0) is 11.8 Å². The van der Waals surface area contributed by atoms with Gasteiger partial charge in [0.15, 0.2) is 0 Å². The number of nitrogens with one attached hydrogen (secondary N) is 1. The highest BCUT2D eigenvalue weighted by Gasteiger charge is 2.28. The van der Waals surface area contributed by atoms with Crippen LogP contribution in [0.15, 0.2) is 47.4 Å². The highest BCUT2D eigenvalue weighted by atomic mass is 35.5. The SMILES string of the molecule is Cn1c(=O)c(Nc2ccc(N3CCN(C4COC4)CC3)cn2)cc2cc(Cl)ccc21. The molecule has 3 aromatic rings. The molecule has 2 aromatic heterocycles. The van der Waals surface area contributed by atoms with E-state index in [1.165, 1.54) is 0 Å². The fourth-order valence-corrected chi connectivity index (χ4v) is 4.29. The van der Waals surface area contributed by atoms with Crippen LogP contribution in [0, 0.1) is 0 Å². The van der Waals surface area contributed by atoms with E-state index in [1.807, 2.05) is 30.5 Å². The van der Waals surface area contributed by atoms with Gasteiger partial charge in [0, 0.05) is 43.6 Å².